The van der Waals surface area contributed by atoms with Crippen molar-refractivity contribution in [1.82, 2.24) is 9.80 Å². The highest BCUT2D eigenvalue weighted by molar-refractivity contribution is 5.76. The molecule has 12 heavy (non-hydrogen) atoms. The quantitative estimate of drug-likeness (QED) is 0.568. The molecule has 4 heteroatoms. The lowest BCUT2D eigenvalue weighted by molar-refractivity contribution is -0.119. The SMILES string of the molecule is CN1C[C@@H]2C[C@H]1CN2CC(N)=O. The number of nitrogens with zero attached hydrogens (tertiary/aromatic N) is 2. The van der Waals surface area contributed by atoms with Crippen LogP contribution in [-0.2, 0) is 4.79 Å². The molecule has 0 saturated carbocycles. The van der Waals surface area contributed by atoms with E-state index in [0.29, 0.717) is 18.6 Å². The summed E-state index contributed by atoms with van der Waals surface area (Å²) in [5.41, 5.74) is 5.14. The van der Waals surface area contributed by atoms with Gasteiger partial charge in [0, 0.05) is 25.2 Å². The Hall–Kier alpha value is -0.610. The Bertz CT molecular complexity index is 204. The molecule has 2 heterocycles. The average molecular weight is 169 g/mol. The summed E-state index contributed by atoms with van der Waals surface area (Å²) in [5.74, 6) is -0.204. The van der Waals surface area contributed by atoms with Gasteiger partial charge in [0.15, 0.2) is 0 Å². The van der Waals surface area contributed by atoms with Crippen molar-refractivity contribution in [3.05, 3.63) is 0 Å². The second-order valence-corrected chi connectivity index (χ2v) is 3.88. The number of nitrogens with two attached hydrogens (primary N) is 1. The van der Waals surface area contributed by atoms with Gasteiger partial charge in [0.1, 0.15) is 0 Å². The Morgan fingerprint density at radius 2 is 2.25 bits per heavy atom. The largest absolute Gasteiger partial charge is 0.369 e. The molecule has 2 saturated heterocycles. The summed E-state index contributed by atoms with van der Waals surface area (Å²) in [6.45, 7) is 2.55. The fourth-order valence-corrected chi connectivity index (χ4v) is 2.34. The number of rotatable bonds is 2. The van der Waals surface area contributed by atoms with Crippen LogP contribution < -0.4 is 5.73 Å². The number of hydrogen-bond acceptors (Lipinski definition) is 3. The van der Waals surface area contributed by atoms with Gasteiger partial charge in [-0.2, -0.15) is 0 Å². The lowest BCUT2D eigenvalue weighted by Crippen LogP contribution is -2.47. The smallest absolute Gasteiger partial charge is 0.231 e. The standard InChI is InChI=1S/C8H15N3O/c1-10-3-7-2-6(10)4-11(7)5-8(9)12/h6-7H,2-5H2,1H3,(H2,9,12)/t6-,7-/m0/s1. The van der Waals surface area contributed by atoms with E-state index in [0.717, 1.165) is 13.1 Å². The van der Waals surface area contributed by atoms with Crippen molar-refractivity contribution in [2.75, 3.05) is 26.7 Å². The number of likely N-dealkylation sites (tertiary alicyclic amines) is 2. The van der Waals surface area contributed by atoms with Crippen LogP contribution in [0.15, 0.2) is 0 Å². The van der Waals surface area contributed by atoms with Crippen LogP contribution in [0.3, 0.4) is 0 Å². The number of primary amides is 1. The minimum atomic E-state index is -0.204. The molecule has 68 valence electrons. The van der Waals surface area contributed by atoms with E-state index in [1.54, 1.807) is 0 Å². The second-order valence-electron chi connectivity index (χ2n) is 3.88. The molecule has 2 aliphatic heterocycles. The predicted molar refractivity (Wildman–Crippen MR) is 45.6 cm³/mol. The van der Waals surface area contributed by atoms with E-state index < -0.39 is 0 Å². The van der Waals surface area contributed by atoms with Crippen LogP contribution in [0.25, 0.3) is 0 Å². The molecule has 2 aliphatic rings. The van der Waals surface area contributed by atoms with Gasteiger partial charge in [-0.1, -0.05) is 0 Å². The molecule has 2 bridgehead atoms. The maximum Gasteiger partial charge on any atom is 0.231 e. The van der Waals surface area contributed by atoms with Crippen LogP contribution in [0.1, 0.15) is 6.42 Å². The Labute approximate surface area is 72.3 Å². The van der Waals surface area contributed by atoms with Crippen LogP contribution in [0.5, 0.6) is 0 Å². The normalized spacial score (nSPS) is 36.1. The number of hydrogen-bond donors (Lipinski definition) is 1. The molecule has 0 radical (unpaired) electrons. The Balaban J connectivity index is 1.94. The van der Waals surface area contributed by atoms with Crippen LogP contribution in [0.2, 0.25) is 0 Å². The fourth-order valence-electron chi connectivity index (χ4n) is 2.34. The second kappa shape index (κ2) is 2.71. The predicted octanol–water partition coefficient (Wildman–Crippen LogP) is -1.14. The van der Waals surface area contributed by atoms with Gasteiger partial charge in [-0.25, -0.2) is 0 Å². The maximum absolute atomic E-state index is 10.7. The number of likely N-dealkylation sites (N-methyl/N-ethyl adjacent to an activating group) is 1. The summed E-state index contributed by atoms with van der Waals surface area (Å²) in [6, 6.07) is 1.24. The first kappa shape index (κ1) is 8.01. The minimum Gasteiger partial charge on any atom is -0.369 e. The number of fused-ring (bicyclic) bond motifs is 2. The summed E-state index contributed by atoms with van der Waals surface area (Å²) in [6.07, 6.45) is 1.21. The molecule has 0 aromatic heterocycles. The summed E-state index contributed by atoms with van der Waals surface area (Å²) < 4.78 is 0. The molecule has 2 fully saturated rings. The van der Waals surface area contributed by atoms with Crippen LogP contribution >= 0.6 is 0 Å². The Morgan fingerprint density at radius 3 is 2.67 bits per heavy atom. The highest BCUT2D eigenvalue weighted by Crippen LogP contribution is 2.28. The third-order valence-corrected chi connectivity index (χ3v) is 2.99. The van der Waals surface area contributed by atoms with E-state index in [9.17, 15) is 4.79 Å². The van der Waals surface area contributed by atoms with Crippen molar-refractivity contribution in [3.63, 3.8) is 0 Å². The molecule has 1 amide bonds. The molecule has 2 atom stereocenters. The number of carbonyl (C=O) groups excluding carboxylic acids is 1. The van der Waals surface area contributed by atoms with Gasteiger partial charge in [0.2, 0.25) is 5.91 Å². The lowest BCUT2D eigenvalue weighted by atomic mass is 10.2. The molecule has 0 aromatic rings. The van der Waals surface area contributed by atoms with Crippen molar-refractivity contribution in [3.8, 4) is 0 Å². The van der Waals surface area contributed by atoms with E-state index in [-0.39, 0.29) is 5.91 Å². The minimum absolute atomic E-state index is 0.204. The molecule has 2 rings (SSSR count). The molecule has 0 aromatic carbocycles. The first-order chi connectivity index (χ1) is 5.66. The number of carbonyl (C=O) groups is 1. The van der Waals surface area contributed by atoms with Gasteiger partial charge < -0.3 is 10.6 Å². The monoisotopic (exact) mass is 169 g/mol. The fraction of sp³-hybridized carbons (Fsp3) is 0.875. The zero-order valence-corrected chi connectivity index (χ0v) is 7.36. The summed E-state index contributed by atoms with van der Waals surface area (Å²) in [7, 11) is 2.15. The summed E-state index contributed by atoms with van der Waals surface area (Å²) in [4.78, 5) is 15.2. The summed E-state index contributed by atoms with van der Waals surface area (Å²) in [5, 5.41) is 0. The molecule has 2 N–H and O–H groups in total. The first-order valence-electron chi connectivity index (χ1n) is 4.39. The number of piperazine rings is 1. The molecule has 0 spiro atoms. The van der Waals surface area contributed by atoms with Crippen LogP contribution in [0.4, 0.5) is 0 Å². The molecule has 4 nitrogen and oxygen atoms in total. The molecular formula is C8H15N3O. The van der Waals surface area contributed by atoms with Gasteiger partial charge in [-0.05, 0) is 13.5 Å². The highest BCUT2D eigenvalue weighted by Gasteiger charge is 2.41. The third-order valence-electron chi connectivity index (χ3n) is 2.99. The topological polar surface area (TPSA) is 49.6 Å². The van der Waals surface area contributed by atoms with Gasteiger partial charge in [0.25, 0.3) is 0 Å². The van der Waals surface area contributed by atoms with Crippen LogP contribution in [0, 0.1) is 0 Å². The van der Waals surface area contributed by atoms with E-state index in [1.165, 1.54) is 6.42 Å². The zero-order chi connectivity index (χ0) is 8.72. The van der Waals surface area contributed by atoms with Gasteiger partial charge in [-0.3, -0.25) is 9.69 Å². The van der Waals surface area contributed by atoms with Crippen LogP contribution in [-0.4, -0.2) is 54.5 Å². The van der Waals surface area contributed by atoms with Crippen molar-refractivity contribution in [2.24, 2.45) is 5.73 Å². The van der Waals surface area contributed by atoms with Crippen molar-refractivity contribution in [2.45, 2.75) is 18.5 Å². The van der Waals surface area contributed by atoms with E-state index >= 15 is 0 Å². The summed E-state index contributed by atoms with van der Waals surface area (Å²) >= 11 is 0. The van der Waals surface area contributed by atoms with Gasteiger partial charge >= 0.3 is 0 Å². The van der Waals surface area contributed by atoms with Crippen molar-refractivity contribution in [1.29, 1.82) is 0 Å². The molecule has 0 aliphatic carbocycles. The van der Waals surface area contributed by atoms with E-state index in [1.807, 2.05) is 0 Å². The van der Waals surface area contributed by atoms with E-state index in [2.05, 4.69) is 16.8 Å². The average Bonchev–Trinajstić information content (AvgIpc) is 2.44. The number of amides is 1. The Morgan fingerprint density at radius 1 is 1.50 bits per heavy atom. The first-order valence-corrected chi connectivity index (χ1v) is 4.39. The lowest BCUT2D eigenvalue weighted by Gasteiger charge is -2.30. The Kier molecular flexibility index (Phi) is 1.81. The van der Waals surface area contributed by atoms with E-state index in [4.69, 9.17) is 5.73 Å². The highest BCUT2D eigenvalue weighted by atomic mass is 16.1. The zero-order valence-electron chi connectivity index (χ0n) is 7.36. The van der Waals surface area contributed by atoms with Gasteiger partial charge in [0.05, 0.1) is 6.54 Å². The molecule has 0 unspecified atom stereocenters. The molecular weight excluding hydrogens is 154 g/mol. The van der Waals surface area contributed by atoms with Crippen molar-refractivity contribution >= 4 is 5.91 Å². The van der Waals surface area contributed by atoms with Crippen molar-refractivity contribution < 1.29 is 4.79 Å². The third kappa shape index (κ3) is 1.21. The maximum atomic E-state index is 10.7. The van der Waals surface area contributed by atoms with Gasteiger partial charge in [-0.15, -0.1) is 0 Å².